The molecule has 0 unspecified atom stereocenters. The summed E-state index contributed by atoms with van der Waals surface area (Å²) in [6.45, 7) is 4.10. The molecule has 2 rings (SSSR count). The average Bonchev–Trinajstić information content (AvgIpc) is 2.54. The van der Waals surface area contributed by atoms with Crippen LogP contribution in [0.2, 0.25) is 0 Å². The molecule has 0 bridgehead atoms. The van der Waals surface area contributed by atoms with Crippen LogP contribution in [0.5, 0.6) is 11.5 Å². The molecule has 0 aliphatic carbocycles. The summed E-state index contributed by atoms with van der Waals surface area (Å²) in [5.41, 5.74) is 2.40. The van der Waals surface area contributed by atoms with Gasteiger partial charge in [-0.1, -0.05) is 6.07 Å². The van der Waals surface area contributed by atoms with Crippen LogP contribution in [0.25, 0.3) is 0 Å². The van der Waals surface area contributed by atoms with Crippen molar-refractivity contribution in [3.05, 3.63) is 47.9 Å². The molecule has 0 atom stereocenters. The van der Waals surface area contributed by atoms with Crippen LogP contribution in [0.3, 0.4) is 0 Å². The maximum Gasteiger partial charge on any atom is 0.165 e. The van der Waals surface area contributed by atoms with Gasteiger partial charge >= 0.3 is 0 Å². The Hall–Kier alpha value is -1.70. The van der Waals surface area contributed by atoms with Crippen LogP contribution in [-0.2, 0) is 0 Å². The van der Waals surface area contributed by atoms with Gasteiger partial charge in [0.15, 0.2) is 5.75 Å². The van der Waals surface area contributed by atoms with Gasteiger partial charge in [-0.05, 0) is 37.1 Å². The zero-order valence-electron chi connectivity index (χ0n) is 8.28. The van der Waals surface area contributed by atoms with Crippen LogP contribution >= 0.6 is 0 Å². The summed E-state index contributed by atoms with van der Waals surface area (Å²) in [6.07, 6.45) is 3.18. The summed E-state index contributed by atoms with van der Waals surface area (Å²) in [6, 6.07) is 7.90. The molecule has 2 heteroatoms. The van der Waals surface area contributed by atoms with Gasteiger partial charge in [0, 0.05) is 6.07 Å². The number of benzene rings is 1. The van der Waals surface area contributed by atoms with Gasteiger partial charge in [0.05, 0.1) is 6.26 Å². The molecule has 2 nitrogen and oxygen atoms in total. The second kappa shape index (κ2) is 3.58. The summed E-state index contributed by atoms with van der Waals surface area (Å²) in [4.78, 5) is 0. The average molecular weight is 188 g/mol. The Kier molecular flexibility index (Phi) is 2.27. The van der Waals surface area contributed by atoms with Gasteiger partial charge in [-0.3, -0.25) is 0 Å². The zero-order valence-corrected chi connectivity index (χ0v) is 8.28. The molecule has 1 aromatic heterocycles. The van der Waals surface area contributed by atoms with Crippen LogP contribution in [-0.4, -0.2) is 0 Å². The van der Waals surface area contributed by atoms with Crippen molar-refractivity contribution in [2.45, 2.75) is 13.8 Å². The van der Waals surface area contributed by atoms with Crippen LogP contribution in [0, 0.1) is 13.8 Å². The third-order valence-corrected chi connectivity index (χ3v) is 1.93. The smallest absolute Gasteiger partial charge is 0.165 e. The second-order valence-electron chi connectivity index (χ2n) is 3.38. The lowest BCUT2D eigenvalue weighted by Crippen LogP contribution is -1.84. The normalized spacial score (nSPS) is 10.1. The fourth-order valence-corrected chi connectivity index (χ4v) is 1.44. The Balaban J connectivity index is 2.25. The monoisotopic (exact) mass is 188 g/mol. The molecule has 1 heterocycles. The van der Waals surface area contributed by atoms with Crippen LogP contribution in [0.4, 0.5) is 0 Å². The maximum absolute atomic E-state index is 5.59. The molecule has 2 aromatic rings. The van der Waals surface area contributed by atoms with Gasteiger partial charge in [-0.15, -0.1) is 0 Å². The van der Waals surface area contributed by atoms with Gasteiger partial charge in [0.2, 0.25) is 0 Å². The highest BCUT2D eigenvalue weighted by Crippen LogP contribution is 2.23. The minimum Gasteiger partial charge on any atom is -0.469 e. The van der Waals surface area contributed by atoms with Crippen molar-refractivity contribution in [2.24, 2.45) is 0 Å². The van der Waals surface area contributed by atoms with E-state index in [1.54, 1.807) is 18.6 Å². The van der Waals surface area contributed by atoms with Gasteiger partial charge in [0.1, 0.15) is 12.0 Å². The van der Waals surface area contributed by atoms with E-state index < -0.39 is 0 Å². The predicted molar refractivity (Wildman–Crippen MR) is 54.7 cm³/mol. The first kappa shape index (κ1) is 8.88. The molecule has 0 spiro atoms. The number of hydrogen-bond acceptors (Lipinski definition) is 2. The Morgan fingerprint density at radius 1 is 1.00 bits per heavy atom. The van der Waals surface area contributed by atoms with Gasteiger partial charge in [-0.2, -0.15) is 0 Å². The number of aryl methyl sites for hydroxylation is 2. The predicted octanol–water partition coefficient (Wildman–Crippen LogP) is 3.69. The molecule has 0 aliphatic rings. The summed E-state index contributed by atoms with van der Waals surface area (Å²) >= 11 is 0. The third kappa shape index (κ3) is 1.96. The van der Waals surface area contributed by atoms with E-state index in [0.29, 0.717) is 0 Å². The minimum atomic E-state index is 0.731. The molecular weight excluding hydrogens is 176 g/mol. The lowest BCUT2D eigenvalue weighted by atomic mass is 10.1. The number of hydrogen-bond donors (Lipinski definition) is 0. The van der Waals surface area contributed by atoms with E-state index in [4.69, 9.17) is 9.15 Å². The van der Waals surface area contributed by atoms with E-state index in [1.807, 2.05) is 12.1 Å². The molecule has 0 saturated heterocycles. The van der Waals surface area contributed by atoms with Gasteiger partial charge in [-0.25, -0.2) is 0 Å². The Morgan fingerprint density at radius 2 is 1.71 bits per heavy atom. The Labute approximate surface area is 83.1 Å². The quantitative estimate of drug-likeness (QED) is 0.717. The first-order chi connectivity index (χ1) is 6.74. The SMILES string of the molecule is Cc1cc(C)cc(Oc2ccoc2)c1. The summed E-state index contributed by atoms with van der Waals surface area (Å²) in [7, 11) is 0. The first-order valence-electron chi connectivity index (χ1n) is 4.52. The van der Waals surface area contributed by atoms with E-state index in [0.717, 1.165) is 11.5 Å². The van der Waals surface area contributed by atoms with E-state index in [1.165, 1.54) is 11.1 Å². The molecule has 0 N–H and O–H groups in total. The Morgan fingerprint density at radius 3 is 2.29 bits per heavy atom. The lowest BCUT2D eigenvalue weighted by molar-refractivity contribution is 0.465. The van der Waals surface area contributed by atoms with Crippen LogP contribution in [0.15, 0.2) is 41.2 Å². The van der Waals surface area contributed by atoms with Crippen LogP contribution in [0.1, 0.15) is 11.1 Å². The van der Waals surface area contributed by atoms with Crippen molar-refractivity contribution in [3.8, 4) is 11.5 Å². The maximum atomic E-state index is 5.59. The Bertz CT molecular complexity index is 396. The summed E-state index contributed by atoms with van der Waals surface area (Å²) in [5.74, 6) is 1.58. The highest BCUT2D eigenvalue weighted by Gasteiger charge is 1.99. The molecule has 14 heavy (non-hydrogen) atoms. The molecule has 72 valence electrons. The van der Waals surface area contributed by atoms with Gasteiger partial charge in [0.25, 0.3) is 0 Å². The molecular formula is C12H12O2. The standard InChI is InChI=1S/C12H12O2/c1-9-5-10(2)7-12(6-9)14-11-3-4-13-8-11/h3-8H,1-2H3. The molecule has 0 saturated carbocycles. The molecule has 0 amide bonds. The van der Waals surface area contributed by atoms with Crippen LogP contribution < -0.4 is 4.74 Å². The molecule has 0 radical (unpaired) electrons. The van der Waals surface area contributed by atoms with E-state index in [9.17, 15) is 0 Å². The van der Waals surface area contributed by atoms with E-state index in [2.05, 4.69) is 19.9 Å². The molecule has 0 aliphatic heterocycles. The number of furan rings is 1. The fraction of sp³-hybridized carbons (Fsp3) is 0.167. The zero-order chi connectivity index (χ0) is 9.97. The van der Waals surface area contributed by atoms with E-state index in [-0.39, 0.29) is 0 Å². The minimum absolute atomic E-state index is 0.731. The van der Waals surface area contributed by atoms with Gasteiger partial charge < -0.3 is 9.15 Å². The topological polar surface area (TPSA) is 22.4 Å². The van der Waals surface area contributed by atoms with Crippen molar-refractivity contribution in [1.82, 2.24) is 0 Å². The molecule has 1 aromatic carbocycles. The summed E-state index contributed by atoms with van der Waals surface area (Å²) in [5, 5.41) is 0. The van der Waals surface area contributed by atoms with E-state index >= 15 is 0 Å². The summed E-state index contributed by atoms with van der Waals surface area (Å²) < 4.78 is 10.5. The largest absolute Gasteiger partial charge is 0.469 e. The fourth-order valence-electron chi connectivity index (χ4n) is 1.44. The first-order valence-corrected chi connectivity index (χ1v) is 4.52. The number of rotatable bonds is 2. The second-order valence-corrected chi connectivity index (χ2v) is 3.38. The lowest BCUT2D eigenvalue weighted by Gasteiger charge is -2.04. The van der Waals surface area contributed by atoms with Crippen molar-refractivity contribution in [2.75, 3.05) is 0 Å². The van der Waals surface area contributed by atoms with Crippen molar-refractivity contribution >= 4 is 0 Å². The van der Waals surface area contributed by atoms with Crippen molar-refractivity contribution in [1.29, 1.82) is 0 Å². The highest BCUT2D eigenvalue weighted by molar-refractivity contribution is 5.35. The molecule has 0 fully saturated rings. The van der Waals surface area contributed by atoms with Crippen molar-refractivity contribution in [3.63, 3.8) is 0 Å². The highest BCUT2D eigenvalue weighted by atomic mass is 16.5. The van der Waals surface area contributed by atoms with Crippen molar-refractivity contribution < 1.29 is 9.15 Å². The third-order valence-electron chi connectivity index (χ3n) is 1.93. The number of ether oxygens (including phenoxy) is 1.